The van der Waals surface area contributed by atoms with Crippen LogP contribution in [0.2, 0.25) is 0 Å². The van der Waals surface area contributed by atoms with Gasteiger partial charge in [-0.25, -0.2) is 4.98 Å². The quantitative estimate of drug-likeness (QED) is 0.177. The fraction of sp³-hybridized carbons (Fsp3) is 0.172. The average Bonchev–Trinajstić information content (AvgIpc) is 4.08. The van der Waals surface area contributed by atoms with Crippen molar-refractivity contribution in [3.05, 3.63) is 214 Å². The van der Waals surface area contributed by atoms with Crippen LogP contribution in [0.5, 0.6) is 0 Å². The number of benzene rings is 8. The summed E-state index contributed by atoms with van der Waals surface area (Å²) in [5.74, 6) is 0.897. The molecule has 0 saturated heterocycles. The van der Waals surface area contributed by atoms with Crippen molar-refractivity contribution in [1.29, 1.82) is 0 Å². The van der Waals surface area contributed by atoms with Gasteiger partial charge in [0.25, 0.3) is 0 Å². The third-order valence-electron chi connectivity index (χ3n) is 16.4. The summed E-state index contributed by atoms with van der Waals surface area (Å²) in [6.45, 7) is 16.6. The molecule has 10 aromatic rings. The van der Waals surface area contributed by atoms with Crippen LogP contribution in [0.1, 0.15) is 91.6 Å². The second-order valence-electron chi connectivity index (χ2n) is 21.2. The number of hydrogen-bond acceptors (Lipinski definition) is 3. The Kier molecular flexibility index (Phi) is 7.58. The molecule has 0 bridgehead atoms. The summed E-state index contributed by atoms with van der Waals surface area (Å²) in [5.41, 5.74) is 29.2. The fourth-order valence-electron chi connectivity index (χ4n) is 12.9. The number of para-hydroxylation sites is 1. The molecule has 4 aliphatic rings. The number of hydrogen-bond donors (Lipinski definition) is 0. The molecule has 0 atom stereocenters. The molecule has 8 aromatic carbocycles. The third kappa shape index (κ3) is 5.09. The second kappa shape index (κ2) is 13.1. The zero-order chi connectivity index (χ0) is 45.3. The first-order valence-corrected chi connectivity index (χ1v) is 23.9. The predicted octanol–water partition coefficient (Wildman–Crippen LogP) is 16.9. The molecule has 0 amide bonds. The summed E-state index contributed by atoms with van der Waals surface area (Å²) in [7, 11) is 0. The fourth-order valence-corrected chi connectivity index (χ4v) is 12.9. The van der Waals surface area contributed by atoms with Crippen molar-refractivity contribution in [2.75, 3.05) is 4.90 Å². The minimum Gasteiger partial charge on any atom is -0.456 e. The molecule has 3 heteroatoms. The number of fused-ring (bicyclic) bond motifs is 17. The van der Waals surface area contributed by atoms with E-state index < -0.39 is 0 Å². The number of aryl methyl sites for hydroxylation is 1. The molecule has 2 heterocycles. The highest BCUT2D eigenvalue weighted by atomic mass is 16.3. The third-order valence-corrected chi connectivity index (χ3v) is 16.4. The first-order chi connectivity index (χ1) is 32.4. The SMILES string of the molecule is Cc1ccc(-c2cc3c(c4c2Cc2ccccc2-4)-c2ccc(N(c4ccc5c(c4)C(C)(C)c4cc6c(cc4-5)C(C)(C)c4ccc5oc7ccccc7c5c4-6)c4ccccn4)cc2C3(C)C)cc1. The van der Waals surface area contributed by atoms with Crippen LogP contribution in [-0.2, 0) is 22.7 Å². The number of anilines is 3. The minimum atomic E-state index is -0.252. The van der Waals surface area contributed by atoms with E-state index in [1.165, 1.54) is 116 Å². The molecule has 3 nitrogen and oxygen atoms in total. The van der Waals surface area contributed by atoms with Gasteiger partial charge in [0, 0.05) is 44.6 Å². The number of rotatable bonds is 4. The lowest BCUT2D eigenvalue weighted by molar-refractivity contribution is 0.651. The normalized spacial score (nSPS) is 15.7. The molecule has 0 aliphatic heterocycles. The Morgan fingerprint density at radius 2 is 1.10 bits per heavy atom. The van der Waals surface area contributed by atoms with Crippen molar-refractivity contribution < 1.29 is 4.42 Å². The van der Waals surface area contributed by atoms with Gasteiger partial charge >= 0.3 is 0 Å². The van der Waals surface area contributed by atoms with Crippen LogP contribution >= 0.6 is 0 Å². The predicted molar refractivity (Wildman–Crippen MR) is 277 cm³/mol. The second-order valence-corrected chi connectivity index (χ2v) is 21.2. The molecule has 0 spiro atoms. The summed E-state index contributed by atoms with van der Waals surface area (Å²) in [5, 5.41) is 2.41. The van der Waals surface area contributed by atoms with Crippen LogP contribution in [-0.4, -0.2) is 4.98 Å². The van der Waals surface area contributed by atoms with Gasteiger partial charge in [0.1, 0.15) is 17.0 Å². The van der Waals surface area contributed by atoms with Gasteiger partial charge in [-0.15, -0.1) is 0 Å². The number of aromatic nitrogens is 1. The van der Waals surface area contributed by atoms with Crippen molar-refractivity contribution >= 4 is 39.1 Å². The van der Waals surface area contributed by atoms with E-state index in [4.69, 9.17) is 9.40 Å². The van der Waals surface area contributed by atoms with E-state index in [9.17, 15) is 0 Å². The number of nitrogens with zero attached hydrogens (tertiary/aromatic N) is 2. The van der Waals surface area contributed by atoms with Crippen molar-refractivity contribution in [2.45, 2.75) is 71.1 Å². The molecular formula is C64H50N2O. The maximum atomic E-state index is 6.45. The minimum absolute atomic E-state index is 0.165. The molecule has 0 N–H and O–H groups in total. The van der Waals surface area contributed by atoms with E-state index in [0.29, 0.717) is 0 Å². The van der Waals surface area contributed by atoms with Crippen molar-refractivity contribution in [3.63, 3.8) is 0 Å². The van der Waals surface area contributed by atoms with Crippen LogP contribution in [0.25, 0.3) is 77.6 Å². The lowest BCUT2D eigenvalue weighted by Crippen LogP contribution is -2.18. The van der Waals surface area contributed by atoms with Gasteiger partial charge in [0.2, 0.25) is 0 Å². The highest BCUT2D eigenvalue weighted by Crippen LogP contribution is 2.61. The van der Waals surface area contributed by atoms with Crippen LogP contribution in [0.3, 0.4) is 0 Å². The smallest absolute Gasteiger partial charge is 0.137 e. The average molecular weight is 863 g/mol. The number of furan rings is 1. The molecular weight excluding hydrogens is 813 g/mol. The Morgan fingerprint density at radius 1 is 0.463 bits per heavy atom. The summed E-state index contributed by atoms with van der Waals surface area (Å²) >= 11 is 0. The standard InChI is InChI=1S/C64H50N2O/c1-36-19-21-37(22-20-36)45-33-54-59(58-41-15-9-8-14-38(41)30-47(45)58)43-26-24-40(32-51(43)64(54,6)7)66(57-18-12-13-29-65-57)39-23-25-42-46-34-53-48(35-52(46)63(4,5)50(42)31-39)60-49(62(53,2)3)27-28-56-61(60)44-16-10-11-17-55(44)67-56/h8-29,31-35H,30H2,1-7H3. The summed E-state index contributed by atoms with van der Waals surface area (Å²) in [6.07, 6.45) is 2.86. The maximum Gasteiger partial charge on any atom is 0.137 e. The van der Waals surface area contributed by atoms with Gasteiger partial charge in [-0.1, -0.05) is 138 Å². The van der Waals surface area contributed by atoms with Gasteiger partial charge in [-0.3, -0.25) is 4.90 Å². The van der Waals surface area contributed by atoms with E-state index in [1.807, 2.05) is 12.3 Å². The van der Waals surface area contributed by atoms with E-state index in [0.717, 1.165) is 34.8 Å². The van der Waals surface area contributed by atoms with Crippen LogP contribution in [0, 0.1) is 6.92 Å². The molecule has 67 heavy (non-hydrogen) atoms. The zero-order valence-corrected chi connectivity index (χ0v) is 39.1. The topological polar surface area (TPSA) is 29.3 Å². The first kappa shape index (κ1) is 38.7. The lowest BCUT2D eigenvalue weighted by atomic mass is 9.79. The summed E-state index contributed by atoms with van der Waals surface area (Å²) in [6, 6.07) is 59.3. The first-order valence-electron chi connectivity index (χ1n) is 23.9. The Bertz CT molecular complexity index is 3810. The summed E-state index contributed by atoms with van der Waals surface area (Å²) < 4.78 is 6.45. The van der Waals surface area contributed by atoms with Crippen LogP contribution in [0.4, 0.5) is 17.2 Å². The van der Waals surface area contributed by atoms with E-state index >= 15 is 0 Å². The molecule has 0 fully saturated rings. The lowest BCUT2D eigenvalue weighted by Gasteiger charge is -2.29. The number of pyridine rings is 1. The Hall–Kier alpha value is -7.49. The largest absolute Gasteiger partial charge is 0.456 e. The molecule has 322 valence electrons. The van der Waals surface area contributed by atoms with Crippen LogP contribution in [0.15, 0.2) is 168 Å². The maximum absolute atomic E-state index is 6.45. The molecule has 14 rings (SSSR count). The van der Waals surface area contributed by atoms with Gasteiger partial charge in [-0.05, 0) is 180 Å². The van der Waals surface area contributed by atoms with Crippen molar-refractivity contribution in [2.24, 2.45) is 0 Å². The molecule has 4 aliphatic carbocycles. The van der Waals surface area contributed by atoms with E-state index in [2.05, 4.69) is 205 Å². The monoisotopic (exact) mass is 862 g/mol. The van der Waals surface area contributed by atoms with E-state index in [1.54, 1.807) is 0 Å². The Balaban J connectivity index is 0.916. The highest BCUT2D eigenvalue weighted by Gasteiger charge is 2.44. The van der Waals surface area contributed by atoms with E-state index in [-0.39, 0.29) is 16.2 Å². The van der Waals surface area contributed by atoms with Crippen molar-refractivity contribution in [1.82, 2.24) is 4.98 Å². The summed E-state index contributed by atoms with van der Waals surface area (Å²) in [4.78, 5) is 7.40. The Labute approximate surface area is 392 Å². The Morgan fingerprint density at radius 3 is 1.90 bits per heavy atom. The van der Waals surface area contributed by atoms with Gasteiger partial charge < -0.3 is 4.42 Å². The molecule has 0 unspecified atom stereocenters. The van der Waals surface area contributed by atoms with Gasteiger partial charge in [0.05, 0.1) is 0 Å². The zero-order valence-electron chi connectivity index (χ0n) is 39.1. The molecule has 0 radical (unpaired) electrons. The highest BCUT2D eigenvalue weighted by molar-refractivity contribution is 6.15. The van der Waals surface area contributed by atoms with Gasteiger partial charge in [0.15, 0.2) is 0 Å². The van der Waals surface area contributed by atoms with Crippen molar-refractivity contribution in [3.8, 4) is 55.6 Å². The molecule has 2 aromatic heterocycles. The van der Waals surface area contributed by atoms with Crippen LogP contribution < -0.4 is 4.90 Å². The van der Waals surface area contributed by atoms with Gasteiger partial charge in [-0.2, -0.15) is 0 Å². The molecule has 0 saturated carbocycles.